The highest BCUT2D eigenvalue weighted by molar-refractivity contribution is 5.73. The second-order valence-electron chi connectivity index (χ2n) is 6.98. The topological polar surface area (TPSA) is 77.0 Å². The van der Waals surface area contributed by atoms with Gasteiger partial charge in [0.1, 0.15) is 12.2 Å². The monoisotopic (exact) mass is 385 g/mol. The first-order valence-electron chi connectivity index (χ1n) is 9.46. The number of ether oxygens (including phenoxy) is 3. The fraction of sp³-hybridized carbons (Fsp3) is 0.409. The second-order valence-corrected chi connectivity index (χ2v) is 6.98. The van der Waals surface area contributed by atoms with Crippen molar-refractivity contribution in [3.05, 3.63) is 71.8 Å². The Morgan fingerprint density at radius 2 is 1.46 bits per heavy atom. The van der Waals surface area contributed by atoms with Crippen molar-refractivity contribution in [3.8, 4) is 0 Å². The van der Waals surface area contributed by atoms with Gasteiger partial charge in [-0.2, -0.15) is 0 Å². The molecular formula is C22H27NO5. The summed E-state index contributed by atoms with van der Waals surface area (Å²) in [6, 6.07) is 19.0. The molecular weight excluding hydrogens is 358 g/mol. The van der Waals surface area contributed by atoms with E-state index >= 15 is 0 Å². The molecule has 28 heavy (non-hydrogen) atoms. The number of aliphatic hydroxyl groups excluding tert-OH is 1. The normalized spacial score (nSPS) is 27.3. The van der Waals surface area contributed by atoms with E-state index < -0.39 is 30.6 Å². The Labute approximate surface area is 165 Å². The van der Waals surface area contributed by atoms with Crippen LogP contribution in [0.2, 0.25) is 0 Å². The number of carbonyl (C=O) groups excluding carboxylic acids is 1. The third-order valence-electron chi connectivity index (χ3n) is 4.76. The van der Waals surface area contributed by atoms with E-state index in [1.54, 1.807) is 6.92 Å². The molecule has 0 radical (unpaired) electrons. The fourth-order valence-corrected chi connectivity index (χ4v) is 3.36. The quantitative estimate of drug-likeness (QED) is 0.765. The van der Waals surface area contributed by atoms with Gasteiger partial charge in [-0.1, -0.05) is 60.7 Å². The molecule has 0 aliphatic carbocycles. The maximum Gasteiger partial charge on any atom is 0.217 e. The predicted octanol–water partition coefficient (Wildman–Crippen LogP) is 2.40. The highest BCUT2D eigenvalue weighted by Gasteiger charge is 2.45. The number of hydrogen-bond acceptors (Lipinski definition) is 5. The third-order valence-corrected chi connectivity index (χ3v) is 4.76. The molecule has 2 aromatic carbocycles. The SMILES string of the molecule is CC(=O)NC1C(C)OC(O)C(OCc2ccccc2)C1OCc1ccccc1. The van der Waals surface area contributed by atoms with Gasteiger partial charge in [0.2, 0.25) is 5.91 Å². The summed E-state index contributed by atoms with van der Waals surface area (Å²) in [5.74, 6) is -0.188. The standard InChI is InChI=1S/C22H27NO5/c1-15-19(23-16(2)24)20(26-13-17-9-5-3-6-10-17)21(22(25)28-15)27-14-18-11-7-4-8-12-18/h3-12,15,19-22,25H,13-14H2,1-2H3,(H,23,24). The van der Waals surface area contributed by atoms with E-state index in [0.717, 1.165) is 11.1 Å². The number of nitrogens with one attached hydrogen (secondary N) is 1. The first-order valence-corrected chi connectivity index (χ1v) is 9.46. The van der Waals surface area contributed by atoms with Crippen molar-refractivity contribution in [1.82, 2.24) is 5.32 Å². The van der Waals surface area contributed by atoms with Crippen LogP contribution in [0.1, 0.15) is 25.0 Å². The Bertz CT molecular complexity index is 739. The molecule has 150 valence electrons. The summed E-state index contributed by atoms with van der Waals surface area (Å²) in [7, 11) is 0. The van der Waals surface area contributed by atoms with Crippen LogP contribution in [-0.2, 0) is 32.2 Å². The number of amides is 1. The van der Waals surface area contributed by atoms with Crippen LogP contribution < -0.4 is 5.32 Å². The van der Waals surface area contributed by atoms with Gasteiger partial charge in [-0.3, -0.25) is 4.79 Å². The van der Waals surface area contributed by atoms with Crippen LogP contribution in [0.3, 0.4) is 0 Å². The van der Waals surface area contributed by atoms with Crippen LogP contribution in [0, 0.1) is 0 Å². The van der Waals surface area contributed by atoms with Crippen LogP contribution in [0.25, 0.3) is 0 Å². The van der Waals surface area contributed by atoms with Gasteiger partial charge in [0.15, 0.2) is 6.29 Å². The second kappa shape index (κ2) is 9.80. The van der Waals surface area contributed by atoms with Crippen LogP contribution in [-0.4, -0.2) is 41.7 Å². The molecule has 1 aliphatic rings. The van der Waals surface area contributed by atoms with Gasteiger partial charge < -0.3 is 24.6 Å². The highest BCUT2D eigenvalue weighted by atomic mass is 16.7. The molecule has 1 saturated heterocycles. The molecule has 0 bridgehead atoms. The minimum atomic E-state index is -1.15. The minimum absolute atomic E-state index is 0.188. The van der Waals surface area contributed by atoms with Gasteiger partial charge in [-0.25, -0.2) is 0 Å². The van der Waals surface area contributed by atoms with Crippen molar-refractivity contribution in [2.45, 2.75) is 57.7 Å². The average molecular weight is 385 g/mol. The van der Waals surface area contributed by atoms with Crippen molar-refractivity contribution < 1.29 is 24.1 Å². The summed E-state index contributed by atoms with van der Waals surface area (Å²) >= 11 is 0. The molecule has 0 saturated carbocycles. The Morgan fingerprint density at radius 3 is 1.96 bits per heavy atom. The first-order chi connectivity index (χ1) is 13.5. The van der Waals surface area contributed by atoms with Crippen LogP contribution in [0.4, 0.5) is 0 Å². The summed E-state index contributed by atoms with van der Waals surface area (Å²) in [4.78, 5) is 11.7. The van der Waals surface area contributed by atoms with Crippen LogP contribution in [0.5, 0.6) is 0 Å². The maximum absolute atomic E-state index is 11.7. The summed E-state index contributed by atoms with van der Waals surface area (Å²) in [5.41, 5.74) is 1.98. The number of hydrogen-bond donors (Lipinski definition) is 2. The van der Waals surface area contributed by atoms with Crippen molar-refractivity contribution in [1.29, 1.82) is 0 Å². The average Bonchev–Trinajstić information content (AvgIpc) is 2.69. The van der Waals surface area contributed by atoms with Gasteiger partial charge in [0, 0.05) is 6.92 Å². The van der Waals surface area contributed by atoms with Gasteiger partial charge in [0.05, 0.1) is 25.4 Å². The third kappa shape index (κ3) is 5.39. The molecule has 6 heteroatoms. The van der Waals surface area contributed by atoms with Crippen molar-refractivity contribution in [2.75, 3.05) is 0 Å². The highest BCUT2D eigenvalue weighted by Crippen LogP contribution is 2.26. The number of rotatable bonds is 7. The van der Waals surface area contributed by atoms with Gasteiger partial charge in [-0.05, 0) is 18.1 Å². The Balaban J connectivity index is 1.76. The van der Waals surface area contributed by atoms with Gasteiger partial charge >= 0.3 is 0 Å². The molecule has 0 spiro atoms. The summed E-state index contributed by atoms with van der Waals surface area (Å²) in [6.45, 7) is 3.90. The van der Waals surface area contributed by atoms with E-state index in [1.807, 2.05) is 60.7 Å². The lowest BCUT2D eigenvalue weighted by molar-refractivity contribution is -0.277. The zero-order valence-electron chi connectivity index (χ0n) is 16.2. The van der Waals surface area contributed by atoms with E-state index in [2.05, 4.69) is 5.32 Å². The van der Waals surface area contributed by atoms with Gasteiger partial charge in [0.25, 0.3) is 0 Å². The van der Waals surface area contributed by atoms with E-state index in [0.29, 0.717) is 13.2 Å². The number of carbonyl (C=O) groups is 1. The lowest BCUT2D eigenvalue weighted by Gasteiger charge is -2.44. The molecule has 2 aromatic rings. The lowest BCUT2D eigenvalue weighted by atomic mass is 9.96. The molecule has 1 fully saturated rings. The zero-order chi connectivity index (χ0) is 19.9. The first kappa shape index (κ1) is 20.5. The Morgan fingerprint density at radius 1 is 0.964 bits per heavy atom. The van der Waals surface area contributed by atoms with Crippen molar-refractivity contribution in [3.63, 3.8) is 0 Å². The van der Waals surface area contributed by atoms with Crippen molar-refractivity contribution >= 4 is 5.91 Å². The molecule has 5 unspecified atom stereocenters. The zero-order valence-corrected chi connectivity index (χ0v) is 16.2. The molecule has 1 aliphatic heterocycles. The fourth-order valence-electron chi connectivity index (χ4n) is 3.36. The lowest BCUT2D eigenvalue weighted by Crippen LogP contribution is -2.63. The van der Waals surface area contributed by atoms with Crippen LogP contribution >= 0.6 is 0 Å². The number of benzene rings is 2. The largest absolute Gasteiger partial charge is 0.368 e. The van der Waals surface area contributed by atoms with E-state index in [9.17, 15) is 9.90 Å². The molecule has 1 amide bonds. The molecule has 3 rings (SSSR count). The summed E-state index contributed by atoms with van der Waals surface area (Å²) < 4.78 is 17.8. The van der Waals surface area contributed by atoms with E-state index in [1.165, 1.54) is 6.92 Å². The van der Waals surface area contributed by atoms with E-state index in [-0.39, 0.29) is 5.91 Å². The summed E-state index contributed by atoms with van der Waals surface area (Å²) in [6.07, 6.45) is -2.87. The predicted molar refractivity (Wildman–Crippen MR) is 104 cm³/mol. The van der Waals surface area contributed by atoms with Crippen LogP contribution in [0.15, 0.2) is 60.7 Å². The molecule has 0 aromatic heterocycles. The molecule has 5 atom stereocenters. The van der Waals surface area contributed by atoms with Gasteiger partial charge in [-0.15, -0.1) is 0 Å². The minimum Gasteiger partial charge on any atom is -0.368 e. The Hall–Kier alpha value is -2.25. The maximum atomic E-state index is 11.7. The van der Waals surface area contributed by atoms with Crippen molar-refractivity contribution in [2.24, 2.45) is 0 Å². The smallest absolute Gasteiger partial charge is 0.217 e. The molecule has 1 heterocycles. The molecule has 6 nitrogen and oxygen atoms in total. The summed E-state index contributed by atoms with van der Waals surface area (Å²) in [5, 5.41) is 13.4. The molecule has 2 N–H and O–H groups in total. The number of aliphatic hydroxyl groups is 1. The van der Waals surface area contributed by atoms with E-state index in [4.69, 9.17) is 14.2 Å². The Kier molecular flexibility index (Phi) is 7.17.